The number of ether oxygens (including phenoxy) is 2. The van der Waals surface area contributed by atoms with Crippen molar-refractivity contribution in [1.82, 2.24) is 4.90 Å². The molecule has 2 heterocycles. The van der Waals surface area contributed by atoms with E-state index in [0.717, 1.165) is 30.0 Å². The summed E-state index contributed by atoms with van der Waals surface area (Å²) in [5.74, 6) is -0.868. The zero-order valence-corrected chi connectivity index (χ0v) is 15.7. The van der Waals surface area contributed by atoms with Gasteiger partial charge in [0.1, 0.15) is 5.70 Å². The fourth-order valence-electron chi connectivity index (χ4n) is 3.39. The summed E-state index contributed by atoms with van der Waals surface area (Å²) in [5, 5.41) is 12.2. The number of anilines is 2. The van der Waals surface area contributed by atoms with Crippen molar-refractivity contribution in [3.05, 3.63) is 35.0 Å². The minimum Gasteiger partial charge on any atom is -0.466 e. The zero-order valence-electron chi connectivity index (χ0n) is 15.7. The molecule has 1 fully saturated rings. The van der Waals surface area contributed by atoms with Gasteiger partial charge in [0, 0.05) is 31.0 Å². The van der Waals surface area contributed by atoms with Crippen LogP contribution < -0.4 is 10.2 Å². The highest BCUT2D eigenvalue weighted by Gasteiger charge is 2.34. The first kappa shape index (κ1) is 19.2. The van der Waals surface area contributed by atoms with Crippen molar-refractivity contribution >= 4 is 23.3 Å². The Morgan fingerprint density at radius 1 is 1.33 bits per heavy atom. The maximum absolute atomic E-state index is 12.6. The Morgan fingerprint density at radius 3 is 2.70 bits per heavy atom. The number of rotatable bonds is 6. The molecule has 2 aliphatic rings. The number of morpholine rings is 1. The van der Waals surface area contributed by atoms with Crippen molar-refractivity contribution in [3.63, 3.8) is 0 Å². The number of β-amino-alcohol motifs (C(OH)–C–C–N with tert-alkyl or cyclic N) is 1. The summed E-state index contributed by atoms with van der Waals surface area (Å²) in [6.07, 6.45) is 0. The molecule has 0 spiro atoms. The number of carbonyl (C=O) groups excluding carboxylic acids is 2. The summed E-state index contributed by atoms with van der Waals surface area (Å²) in [5.41, 5.74) is 3.39. The lowest BCUT2D eigenvalue weighted by molar-refractivity contribution is -0.136. The van der Waals surface area contributed by atoms with E-state index in [9.17, 15) is 9.59 Å². The third-order valence-electron chi connectivity index (χ3n) is 4.77. The van der Waals surface area contributed by atoms with Gasteiger partial charge in [0.05, 0.1) is 39.0 Å². The molecule has 146 valence electrons. The molecule has 0 aliphatic carbocycles. The van der Waals surface area contributed by atoms with Gasteiger partial charge in [0.25, 0.3) is 5.91 Å². The van der Waals surface area contributed by atoms with Gasteiger partial charge in [-0.3, -0.25) is 4.79 Å². The van der Waals surface area contributed by atoms with Crippen LogP contribution in [0.25, 0.3) is 0 Å². The van der Waals surface area contributed by atoms with Crippen molar-refractivity contribution in [2.45, 2.75) is 6.92 Å². The number of benzene rings is 1. The van der Waals surface area contributed by atoms with Crippen molar-refractivity contribution in [2.75, 3.05) is 63.3 Å². The topological polar surface area (TPSA) is 91.3 Å². The van der Waals surface area contributed by atoms with Crippen LogP contribution in [-0.4, -0.2) is 75.0 Å². The highest BCUT2D eigenvalue weighted by atomic mass is 16.5. The lowest BCUT2D eigenvalue weighted by Gasteiger charge is -2.30. The van der Waals surface area contributed by atoms with E-state index in [1.54, 1.807) is 0 Å². The molecule has 1 amide bonds. The second kappa shape index (κ2) is 8.41. The van der Waals surface area contributed by atoms with Crippen LogP contribution in [0.4, 0.5) is 11.4 Å². The van der Waals surface area contributed by atoms with Crippen molar-refractivity contribution in [2.24, 2.45) is 0 Å². The van der Waals surface area contributed by atoms with E-state index < -0.39 is 5.97 Å². The maximum Gasteiger partial charge on any atom is 0.337 e. The second-order valence-corrected chi connectivity index (χ2v) is 6.52. The summed E-state index contributed by atoms with van der Waals surface area (Å²) in [6, 6.07) is 5.85. The van der Waals surface area contributed by atoms with Gasteiger partial charge in [-0.1, -0.05) is 0 Å². The quantitative estimate of drug-likeness (QED) is 0.700. The van der Waals surface area contributed by atoms with Crippen LogP contribution in [0.5, 0.6) is 0 Å². The molecule has 0 saturated carbocycles. The molecule has 1 saturated heterocycles. The van der Waals surface area contributed by atoms with E-state index in [1.807, 2.05) is 25.1 Å². The van der Waals surface area contributed by atoms with Crippen molar-refractivity contribution in [1.29, 1.82) is 0 Å². The van der Waals surface area contributed by atoms with Crippen LogP contribution in [0, 0.1) is 6.92 Å². The van der Waals surface area contributed by atoms with Crippen LogP contribution >= 0.6 is 0 Å². The second-order valence-electron chi connectivity index (χ2n) is 6.52. The van der Waals surface area contributed by atoms with Gasteiger partial charge in [-0.05, 0) is 30.7 Å². The van der Waals surface area contributed by atoms with Gasteiger partial charge >= 0.3 is 5.97 Å². The van der Waals surface area contributed by atoms with Crippen LogP contribution in [0.1, 0.15) is 5.56 Å². The fraction of sp³-hybridized carbons (Fsp3) is 0.474. The number of aryl methyl sites for hydroxylation is 1. The molecule has 2 aliphatic heterocycles. The van der Waals surface area contributed by atoms with E-state index in [2.05, 4.69) is 10.2 Å². The molecule has 0 bridgehead atoms. The largest absolute Gasteiger partial charge is 0.466 e. The fourth-order valence-corrected chi connectivity index (χ4v) is 3.39. The molecule has 0 unspecified atom stereocenters. The molecule has 8 nitrogen and oxygen atoms in total. The van der Waals surface area contributed by atoms with Gasteiger partial charge < -0.3 is 29.7 Å². The number of aliphatic hydroxyl groups is 1. The Kier molecular flexibility index (Phi) is 5.98. The predicted octanol–water partition coefficient (Wildman–Crippen LogP) is 0.505. The first-order valence-electron chi connectivity index (χ1n) is 8.97. The van der Waals surface area contributed by atoms with E-state index in [1.165, 1.54) is 12.0 Å². The molecule has 2 N–H and O–H groups in total. The van der Waals surface area contributed by atoms with E-state index in [4.69, 9.17) is 14.6 Å². The summed E-state index contributed by atoms with van der Waals surface area (Å²) in [4.78, 5) is 28.3. The number of nitrogens with zero attached hydrogens (tertiary/aromatic N) is 2. The average molecular weight is 375 g/mol. The number of amides is 1. The standard InChI is InChI=1S/C19H25N3O5/c1-13-11-14(3-4-16(13)21-6-9-27-10-7-21)20-17-15(19(25)26-2)12-22(5-8-23)18(17)24/h3-4,11,20,23H,5-10,12H2,1-2H3. The summed E-state index contributed by atoms with van der Waals surface area (Å²) < 4.78 is 10.2. The lowest BCUT2D eigenvalue weighted by Crippen LogP contribution is -2.36. The molecule has 3 rings (SSSR count). The third-order valence-corrected chi connectivity index (χ3v) is 4.77. The SMILES string of the molecule is COC(=O)C1=C(Nc2ccc(N3CCOCC3)c(C)c2)C(=O)N(CCO)C1. The van der Waals surface area contributed by atoms with E-state index >= 15 is 0 Å². The number of nitrogens with one attached hydrogen (secondary N) is 1. The highest BCUT2D eigenvalue weighted by molar-refractivity contribution is 6.08. The summed E-state index contributed by atoms with van der Waals surface area (Å²) in [7, 11) is 1.29. The molecule has 8 heteroatoms. The monoisotopic (exact) mass is 375 g/mol. The smallest absolute Gasteiger partial charge is 0.337 e. The molecule has 1 aromatic rings. The molecule has 27 heavy (non-hydrogen) atoms. The van der Waals surface area contributed by atoms with Crippen LogP contribution in [-0.2, 0) is 19.1 Å². The Hall–Kier alpha value is -2.58. The minimum absolute atomic E-state index is 0.124. The van der Waals surface area contributed by atoms with Crippen LogP contribution in [0.3, 0.4) is 0 Å². The maximum atomic E-state index is 12.6. The number of aliphatic hydroxyl groups excluding tert-OH is 1. The van der Waals surface area contributed by atoms with Crippen LogP contribution in [0.2, 0.25) is 0 Å². The molecule has 0 radical (unpaired) electrons. The number of methoxy groups -OCH3 is 1. The third kappa shape index (κ3) is 4.06. The van der Waals surface area contributed by atoms with Gasteiger partial charge in [-0.25, -0.2) is 4.79 Å². The molecule has 0 atom stereocenters. The lowest BCUT2D eigenvalue weighted by atomic mass is 10.1. The predicted molar refractivity (Wildman–Crippen MR) is 101 cm³/mol. The Morgan fingerprint density at radius 2 is 2.07 bits per heavy atom. The Labute approximate surface area is 158 Å². The minimum atomic E-state index is -0.548. The van der Waals surface area contributed by atoms with Crippen LogP contribution in [0.15, 0.2) is 29.5 Å². The molecular weight excluding hydrogens is 350 g/mol. The summed E-state index contributed by atoms with van der Waals surface area (Å²) in [6.45, 7) is 5.26. The van der Waals surface area contributed by atoms with Crippen molar-refractivity contribution < 1.29 is 24.2 Å². The first-order chi connectivity index (χ1) is 13.0. The number of hydrogen-bond acceptors (Lipinski definition) is 7. The zero-order chi connectivity index (χ0) is 19.4. The van der Waals surface area contributed by atoms with E-state index in [0.29, 0.717) is 13.2 Å². The first-order valence-corrected chi connectivity index (χ1v) is 8.97. The molecular formula is C19H25N3O5. The Balaban J connectivity index is 1.82. The Bertz CT molecular complexity index is 756. The number of esters is 1. The van der Waals surface area contributed by atoms with Gasteiger partial charge in [-0.2, -0.15) is 0 Å². The molecule has 0 aromatic heterocycles. The highest BCUT2D eigenvalue weighted by Crippen LogP contribution is 2.27. The van der Waals surface area contributed by atoms with E-state index in [-0.39, 0.29) is 36.9 Å². The number of carbonyl (C=O) groups is 2. The van der Waals surface area contributed by atoms with Gasteiger partial charge in [0.2, 0.25) is 0 Å². The average Bonchev–Trinajstić information content (AvgIpc) is 2.98. The van der Waals surface area contributed by atoms with Gasteiger partial charge in [0.15, 0.2) is 0 Å². The van der Waals surface area contributed by atoms with Crippen molar-refractivity contribution in [3.8, 4) is 0 Å². The van der Waals surface area contributed by atoms with Gasteiger partial charge in [-0.15, -0.1) is 0 Å². The number of hydrogen-bond donors (Lipinski definition) is 2. The molecule has 1 aromatic carbocycles. The summed E-state index contributed by atoms with van der Waals surface area (Å²) >= 11 is 0. The normalized spacial score (nSPS) is 17.5.